The second-order valence-electron chi connectivity index (χ2n) is 3.11. The van der Waals surface area contributed by atoms with Crippen molar-refractivity contribution >= 4 is 17.5 Å². The number of hydrogen-bond donors (Lipinski definition) is 2. The molecule has 0 spiro atoms. The van der Waals surface area contributed by atoms with Crippen molar-refractivity contribution in [2.24, 2.45) is 0 Å². The third-order valence-corrected chi connectivity index (χ3v) is 2.13. The first-order valence-electron chi connectivity index (χ1n) is 4.43. The van der Waals surface area contributed by atoms with Crippen LogP contribution in [0.3, 0.4) is 0 Å². The molecule has 0 radical (unpaired) electrons. The summed E-state index contributed by atoms with van der Waals surface area (Å²) in [6, 6.07) is 3.68. The van der Waals surface area contributed by atoms with Gasteiger partial charge in [0, 0.05) is 19.3 Å². The van der Waals surface area contributed by atoms with E-state index in [1.165, 1.54) is 0 Å². The summed E-state index contributed by atoms with van der Waals surface area (Å²) in [5.41, 5.74) is 0.862. The van der Waals surface area contributed by atoms with E-state index >= 15 is 0 Å². The number of carboxylic acids is 1. The van der Waals surface area contributed by atoms with Crippen LogP contribution in [0, 0.1) is 0 Å². The number of hydrogen-bond acceptors (Lipinski definition) is 4. The van der Waals surface area contributed by atoms with E-state index in [9.17, 15) is 4.79 Å². The summed E-state index contributed by atoms with van der Waals surface area (Å²) in [4.78, 5) is 16.5. The maximum atomic E-state index is 10.6. The Hall–Kier alpha value is -1.78. The molecule has 0 aliphatic carbocycles. The van der Waals surface area contributed by atoms with Crippen LogP contribution in [0.4, 0.5) is 11.5 Å². The van der Waals surface area contributed by atoms with Crippen LogP contribution in [0.1, 0.15) is 0 Å². The molecule has 0 unspecified atom stereocenters. The molecule has 1 aliphatic rings. The van der Waals surface area contributed by atoms with Crippen LogP contribution in [-0.4, -0.2) is 35.7 Å². The predicted molar refractivity (Wildman–Crippen MR) is 52.6 cm³/mol. The molecule has 5 nitrogen and oxygen atoms in total. The Balaban J connectivity index is 2.26. The van der Waals surface area contributed by atoms with Crippen LogP contribution in [0.5, 0.6) is 0 Å². The molecular formula is C9H11N3O2. The molecular weight excluding hydrogens is 182 g/mol. The summed E-state index contributed by atoms with van der Waals surface area (Å²) in [5, 5.41) is 11.8. The summed E-state index contributed by atoms with van der Waals surface area (Å²) in [5.74, 6) is -0.0540. The molecule has 0 bridgehead atoms. The van der Waals surface area contributed by atoms with E-state index in [4.69, 9.17) is 5.11 Å². The van der Waals surface area contributed by atoms with E-state index < -0.39 is 5.97 Å². The van der Waals surface area contributed by atoms with Crippen molar-refractivity contribution in [3.63, 3.8) is 0 Å². The van der Waals surface area contributed by atoms with Crippen LogP contribution in [0.15, 0.2) is 18.3 Å². The molecule has 5 heteroatoms. The number of nitrogens with one attached hydrogen (secondary N) is 1. The minimum absolute atomic E-state index is 0.0281. The molecule has 0 saturated heterocycles. The number of nitrogens with zero attached hydrogens (tertiary/aromatic N) is 2. The highest BCUT2D eigenvalue weighted by Gasteiger charge is 2.18. The quantitative estimate of drug-likeness (QED) is 0.711. The van der Waals surface area contributed by atoms with Gasteiger partial charge < -0.3 is 15.3 Å². The molecule has 1 aliphatic heterocycles. The highest BCUT2D eigenvalue weighted by atomic mass is 16.4. The van der Waals surface area contributed by atoms with Crippen LogP contribution in [0.25, 0.3) is 0 Å². The summed E-state index contributed by atoms with van der Waals surface area (Å²) < 4.78 is 0. The Morgan fingerprint density at radius 1 is 1.71 bits per heavy atom. The monoisotopic (exact) mass is 193 g/mol. The second-order valence-corrected chi connectivity index (χ2v) is 3.11. The molecule has 2 heterocycles. The van der Waals surface area contributed by atoms with Crippen molar-refractivity contribution in [1.82, 2.24) is 4.98 Å². The highest BCUT2D eigenvalue weighted by Crippen LogP contribution is 2.25. The molecule has 2 N–H and O–H groups in total. The van der Waals surface area contributed by atoms with Gasteiger partial charge in [0.25, 0.3) is 0 Å². The number of carbonyl (C=O) groups is 1. The van der Waals surface area contributed by atoms with Gasteiger partial charge in [-0.15, -0.1) is 0 Å². The first kappa shape index (κ1) is 8.80. The summed E-state index contributed by atoms with van der Waals surface area (Å²) in [7, 11) is 0. The van der Waals surface area contributed by atoms with E-state index in [0.717, 1.165) is 18.1 Å². The highest BCUT2D eigenvalue weighted by molar-refractivity contribution is 5.77. The lowest BCUT2D eigenvalue weighted by molar-refractivity contribution is -0.135. The van der Waals surface area contributed by atoms with Crippen molar-refractivity contribution in [3.8, 4) is 0 Å². The van der Waals surface area contributed by atoms with Gasteiger partial charge in [-0.3, -0.25) is 4.79 Å². The number of aromatic nitrogens is 1. The lowest BCUT2D eigenvalue weighted by Gasteiger charge is -2.29. The normalized spacial score (nSPS) is 14.4. The van der Waals surface area contributed by atoms with Crippen molar-refractivity contribution in [3.05, 3.63) is 18.3 Å². The number of carboxylic acid groups (broad SMARTS) is 1. The number of anilines is 2. The number of fused-ring (bicyclic) bond motifs is 1. The Morgan fingerprint density at radius 3 is 3.36 bits per heavy atom. The summed E-state index contributed by atoms with van der Waals surface area (Å²) in [6.07, 6.45) is 1.69. The molecule has 74 valence electrons. The molecule has 1 aromatic rings. The van der Waals surface area contributed by atoms with E-state index in [1.54, 1.807) is 17.2 Å². The molecule has 0 atom stereocenters. The van der Waals surface area contributed by atoms with Crippen LogP contribution in [-0.2, 0) is 4.79 Å². The topological polar surface area (TPSA) is 65.5 Å². The van der Waals surface area contributed by atoms with Crippen molar-refractivity contribution in [2.45, 2.75) is 0 Å². The molecule has 1 aromatic heterocycles. The van der Waals surface area contributed by atoms with E-state index in [2.05, 4.69) is 10.3 Å². The Bertz CT molecular complexity index is 354. The standard InChI is InChI=1S/C9H11N3O2/c13-8(14)6-12-5-4-11-9-7(12)2-1-3-10-9/h1-3H,4-6H2,(H,10,11)(H,13,14). The van der Waals surface area contributed by atoms with E-state index in [1.807, 2.05) is 6.07 Å². The van der Waals surface area contributed by atoms with Gasteiger partial charge >= 0.3 is 5.97 Å². The minimum atomic E-state index is -0.818. The molecule has 0 aromatic carbocycles. The van der Waals surface area contributed by atoms with E-state index in [-0.39, 0.29) is 6.54 Å². The zero-order valence-electron chi connectivity index (χ0n) is 7.60. The lowest BCUT2D eigenvalue weighted by Crippen LogP contribution is -2.37. The predicted octanol–water partition coefficient (Wildman–Crippen LogP) is 0.398. The molecule has 2 rings (SSSR count). The SMILES string of the molecule is O=C(O)CN1CCNc2ncccc21. The maximum absolute atomic E-state index is 10.6. The average molecular weight is 193 g/mol. The maximum Gasteiger partial charge on any atom is 0.323 e. The third kappa shape index (κ3) is 1.61. The van der Waals surface area contributed by atoms with Gasteiger partial charge in [0.15, 0.2) is 0 Å². The smallest absolute Gasteiger partial charge is 0.323 e. The fourth-order valence-electron chi connectivity index (χ4n) is 1.55. The number of aliphatic carboxylic acids is 1. The third-order valence-electron chi connectivity index (χ3n) is 2.13. The second kappa shape index (κ2) is 3.53. The van der Waals surface area contributed by atoms with Crippen molar-refractivity contribution < 1.29 is 9.90 Å². The van der Waals surface area contributed by atoms with Gasteiger partial charge in [0.1, 0.15) is 12.4 Å². The van der Waals surface area contributed by atoms with Crippen LogP contribution < -0.4 is 10.2 Å². The first-order chi connectivity index (χ1) is 6.77. The zero-order valence-corrected chi connectivity index (χ0v) is 7.60. The first-order valence-corrected chi connectivity index (χ1v) is 4.43. The van der Waals surface area contributed by atoms with Gasteiger partial charge in [-0.2, -0.15) is 0 Å². The van der Waals surface area contributed by atoms with Gasteiger partial charge in [-0.25, -0.2) is 4.98 Å². The van der Waals surface area contributed by atoms with Gasteiger partial charge in [0.05, 0.1) is 5.69 Å². The zero-order chi connectivity index (χ0) is 9.97. The van der Waals surface area contributed by atoms with E-state index in [0.29, 0.717) is 6.54 Å². The average Bonchev–Trinajstić information content (AvgIpc) is 2.18. The number of rotatable bonds is 2. The minimum Gasteiger partial charge on any atom is -0.480 e. The lowest BCUT2D eigenvalue weighted by atomic mass is 10.2. The summed E-state index contributed by atoms with van der Waals surface area (Å²) in [6.45, 7) is 1.46. The Morgan fingerprint density at radius 2 is 2.57 bits per heavy atom. The molecule has 0 saturated carbocycles. The number of pyridine rings is 1. The van der Waals surface area contributed by atoms with Gasteiger partial charge in [0.2, 0.25) is 0 Å². The van der Waals surface area contributed by atoms with Gasteiger partial charge in [-0.1, -0.05) is 0 Å². The van der Waals surface area contributed by atoms with Gasteiger partial charge in [-0.05, 0) is 12.1 Å². The van der Waals surface area contributed by atoms with Crippen LogP contribution in [0.2, 0.25) is 0 Å². The largest absolute Gasteiger partial charge is 0.480 e. The Kier molecular flexibility index (Phi) is 2.22. The van der Waals surface area contributed by atoms with Crippen molar-refractivity contribution in [2.75, 3.05) is 29.9 Å². The fraction of sp³-hybridized carbons (Fsp3) is 0.333. The molecule has 14 heavy (non-hydrogen) atoms. The van der Waals surface area contributed by atoms with Crippen molar-refractivity contribution in [1.29, 1.82) is 0 Å². The Labute approximate surface area is 81.4 Å². The van der Waals surface area contributed by atoms with Crippen LogP contribution >= 0.6 is 0 Å². The molecule has 0 amide bonds. The fourth-order valence-corrected chi connectivity index (χ4v) is 1.55. The summed E-state index contributed by atoms with van der Waals surface area (Å²) >= 11 is 0. The molecule has 0 fully saturated rings.